The zero-order chi connectivity index (χ0) is 11.6. The van der Waals surface area contributed by atoms with E-state index in [4.69, 9.17) is 4.74 Å². The number of piperidine rings is 1. The number of carbonyl (C=O) groups excluding carboxylic acids is 1. The number of nitrogens with one attached hydrogen (secondary N) is 1. The molecule has 4 heteroatoms. The van der Waals surface area contributed by atoms with Gasteiger partial charge in [0.25, 0.3) is 0 Å². The maximum absolute atomic E-state index is 11.7. The maximum atomic E-state index is 11.7. The molecule has 2 rings (SSSR count). The van der Waals surface area contributed by atoms with E-state index in [1.165, 1.54) is 12.8 Å². The number of amides is 1. The van der Waals surface area contributed by atoms with Crippen LogP contribution in [0.4, 0.5) is 4.79 Å². The van der Waals surface area contributed by atoms with Crippen molar-refractivity contribution in [2.75, 3.05) is 19.6 Å². The lowest BCUT2D eigenvalue weighted by Gasteiger charge is -2.39. The fourth-order valence-electron chi connectivity index (χ4n) is 2.69. The van der Waals surface area contributed by atoms with Gasteiger partial charge in [-0.15, -0.1) is 0 Å². The van der Waals surface area contributed by atoms with Crippen LogP contribution in [0.25, 0.3) is 0 Å². The molecule has 4 nitrogen and oxygen atoms in total. The number of likely N-dealkylation sites (tertiary alicyclic amines) is 1. The van der Waals surface area contributed by atoms with Gasteiger partial charge in [0.2, 0.25) is 0 Å². The smallest absolute Gasteiger partial charge is 0.410 e. The average Bonchev–Trinajstić information content (AvgIpc) is 2.66. The number of hydrogen-bond acceptors (Lipinski definition) is 3. The molecular formula is C12H22N2O2. The Hall–Kier alpha value is -0.770. The molecule has 0 aromatic carbocycles. The van der Waals surface area contributed by atoms with Crippen molar-refractivity contribution in [1.82, 2.24) is 10.2 Å². The lowest BCUT2D eigenvalue weighted by Crippen LogP contribution is -2.51. The van der Waals surface area contributed by atoms with E-state index < -0.39 is 0 Å². The van der Waals surface area contributed by atoms with Gasteiger partial charge in [-0.05, 0) is 46.1 Å². The molecule has 0 atom stereocenters. The highest BCUT2D eigenvalue weighted by molar-refractivity contribution is 5.67. The zero-order valence-electron chi connectivity index (χ0n) is 10.3. The molecule has 2 saturated heterocycles. The Morgan fingerprint density at radius 2 is 2.00 bits per heavy atom. The molecule has 0 saturated carbocycles. The van der Waals surface area contributed by atoms with Gasteiger partial charge in [-0.2, -0.15) is 0 Å². The molecule has 1 spiro atoms. The minimum atomic E-state index is -0.150. The summed E-state index contributed by atoms with van der Waals surface area (Å²) in [6, 6.07) is 0. The van der Waals surface area contributed by atoms with Gasteiger partial charge >= 0.3 is 6.09 Å². The third-order valence-electron chi connectivity index (χ3n) is 3.65. The zero-order valence-corrected chi connectivity index (χ0v) is 10.3. The van der Waals surface area contributed by atoms with E-state index in [9.17, 15) is 4.79 Å². The van der Waals surface area contributed by atoms with Crippen LogP contribution in [-0.2, 0) is 4.74 Å². The highest BCUT2D eigenvalue weighted by Crippen LogP contribution is 2.30. The Balaban J connectivity index is 1.82. The van der Waals surface area contributed by atoms with Crippen LogP contribution in [0.5, 0.6) is 0 Å². The predicted octanol–water partition coefficient (Wildman–Crippen LogP) is 1.75. The molecule has 16 heavy (non-hydrogen) atoms. The maximum Gasteiger partial charge on any atom is 0.410 e. The first-order chi connectivity index (χ1) is 7.61. The number of carbonyl (C=O) groups is 1. The highest BCUT2D eigenvalue weighted by Gasteiger charge is 2.38. The van der Waals surface area contributed by atoms with Gasteiger partial charge in [0, 0.05) is 18.6 Å². The molecule has 0 aliphatic carbocycles. The summed E-state index contributed by atoms with van der Waals surface area (Å²) in [7, 11) is 0. The lowest BCUT2D eigenvalue weighted by molar-refractivity contribution is 0.0601. The average molecular weight is 226 g/mol. The number of nitrogens with zero attached hydrogens (tertiary/aromatic N) is 1. The molecular weight excluding hydrogens is 204 g/mol. The van der Waals surface area contributed by atoms with E-state index in [1.807, 2.05) is 18.7 Å². The summed E-state index contributed by atoms with van der Waals surface area (Å²) in [6.07, 6.45) is 4.51. The van der Waals surface area contributed by atoms with Crippen molar-refractivity contribution in [3.8, 4) is 0 Å². The second-order valence-corrected chi connectivity index (χ2v) is 5.23. The summed E-state index contributed by atoms with van der Waals surface area (Å²) in [4.78, 5) is 13.5. The molecule has 0 aromatic heterocycles. The summed E-state index contributed by atoms with van der Waals surface area (Å²) in [6.45, 7) is 6.58. The Kier molecular flexibility index (Phi) is 3.38. The van der Waals surface area contributed by atoms with Crippen LogP contribution < -0.4 is 5.32 Å². The third kappa shape index (κ3) is 2.48. The van der Waals surface area contributed by atoms with Crippen molar-refractivity contribution >= 4 is 6.09 Å². The standard InChI is InChI=1S/C12H22N2O2/c1-10(2)16-11(15)14-8-5-12(6-9-14)4-3-7-13-12/h10,13H,3-9H2,1-2H3. The van der Waals surface area contributed by atoms with Gasteiger partial charge in [0.15, 0.2) is 0 Å². The van der Waals surface area contributed by atoms with Gasteiger partial charge in [0.1, 0.15) is 0 Å². The number of rotatable bonds is 1. The van der Waals surface area contributed by atoms with Crippen molar-refractivity contribution in [2.24, 2.45) is 0 Å². The second-order valence-electron chi connectivity index (χ2n) is 5.23. The minimum absolute atomic E-state index is 0.0204. The van der Waals surface area contributed by atoms with Crippen molar-refractivity contribution in [3.05, 3.63) is 0 Å². The van der Waals surface area contributed by atoms with Gasteiger partial charge in [-0.1, -0.05) is 0 Å². The van der Waals surface area contributed by atoms with Gasteiger partial charge in [-0.3, -0.25) is 0 Å². The molecule has 0 unspecified atom stereocenters. The molecule has 0 aromatic rings. The molecule has 2 heterocycles. The molecule has 0 bridgehead atoms. The summed E-state index contributed by atoms with van der Waals surface area (Å²) in [5.74, 6) is 0. The summed E-state index contributed by atoms with van der Waals surface area (Å²) in [5, 5.41) is 3.59. The summed E-state index contributed by atoms with van der Waals surface area (Å²) >= 11 is 0. The van der Waals surface area contributed by atoms with E-state index in [1.54, 1.807) is 0 Å². The van der Waals surface area contributed by atoms with Crippen LogP contribution in [0, 0.1) is 0 Å². The number of hydrogen-bond donors (Lipinski definition) is 1. The molecule has 92 valence electrons. The first-order valence-electron chi connectivity index (χ1n) is 6.32. The molecule has 2 aliphatic heterocycles. The molecule has 2 fully saturated rings. The molecule has 1 amide bonds. The Morgan fingerprint density at radius 1 is 1.31 bits per heavy atom. The fourth-order valence-corrected chi connectivity index (χ4v) is 2.69. The van der Waals surface area contributed by atoms with Crippen LogP contribution in [0.2, 0.25) is 0 Å². The van der Waals surface area contributed by atoms with Gasteiger partial charge < -0.3 is 15.0 Å². The largest absolute Gasteiger partial charge is 0.447 e. The Labute approximate surface area is 97.3 Å². The summed E-state index contributed by atoms with van der Waals surface area (Å²) < 4.78 is 5.21. The predicted molar refractivity (Wildman–Crippen MR) is 62.4 cm³/mol. The van der Waals surface area contributed by atoms with E-state index in [0.717, 1.165) is 32.5 Å². The van der Waals surface area contributed by atoms with E-state index in [0.29, 0.717) is 5.54 Å². The van der Waals surface area contributed by atoms with Gasteiger partial charge in [0.05, 0.1) is 6.10 Å². The Bertz CT molecular complexity index is 250. The molecule has 2 aliphatic rings. The van der Waals surface area contributed by atoms with Crippen LogP contribution in [0.3, 0.4) is 0 Å². The summed E-state index contributed by atoms with van der Waals surface area (Å²) in [5.41, 5.74) is 0.328. The van der Waals surface area contributed by atoms with Crippen molar-refractivity contribution in [1.29, 1.82) is 0 Å². The minimum Gasteiger partial charge on any atom is -0.447 e. The van der Waals surface area contributed by atoms with Crippen molar-refractivity contribution in [3.63, 3.8) is 0 Å². The first kappa shape index (κ1) is 11.7. The first-order valence-corrected chi connectivity index (χ1v) is 6.32. The fraction of sp³-hybridized carbons (Fsp3) is 0.917. The Morgan fingerprint density at radius 3 is 2.50 bits per heavy atom. The lowest BCUT2D eigenvalue weighted by atomic mass is 9.86. The van der Waals surface area contributed by atoms with Crippen LogP contribution in [-0.4, -0.2) is 42.3 Å². The molecule has 0 radical (unpaired) electrons. The van der Waals surface area contributed by atoms with Crippen LogP contribution >= 0.6 is 0 Å². The van der Waals surface area contributed by atoms with Crippen LogP contribution in [0.1, 0.15) is 39.5 Å². The van der Waals surface area contributed by atoms with E-state index in [-0.39, 0.29) is 12.2 Å². The SMILES string of the molecule is CC(C)OC(=O)N1CCC2(CCCN2)CC1. The monoisotopic (exact) mass is 226 g/mol. The van der Waals surface area contributed by atoms with Gasteiger partial charge in [-0.25, -0.2) is 4.79 Å². The van der Waals surface area contributed by atoms with Crippen molar-refractivity contribution < 1.29 is 9.53 Å². The second kappa shape index (κ2) is 4.62. The topological polar surface area (TPSA) is 41.6 Å². The normalized spacial score (nSPS) is 24.1. The number of ether oxygens (including phenoxy) is 1. The van der Waals surface area contributed by atoms with Crippen LogP contribution in [0.15, 0.2) is 0 Å². The quantitative estimate of drug-likeness (QED) is 0.740. The van der Waals surface area contributed by atoms with E-state index in [2.05, 4.69) is 5.32 Å². The molecule has 1 N–H and O–H groups in total. The van der Waals surface area contributed by atoms with E-state index >= 15 is 0 Å². The third-order valence-corrected chi connectivity index (χ3v) is 3.65. The highest BCUT2D eigenvalue weighted by atomic mass is 16.6. The van der Waals surface area contributed by atoms with Crippen molar-refractivity contribution in [2.45, 2.75) is 51.2 Å².